The van der Waals surface area contributed by atoms with Crippen LogP contribution < -0.4 is 4.74 Å². The van der Waals surface area contributed by atoms with Gasteiger partial charge in [-0.15, -0.1) is 19.8 Å². The van der Waals surface area contributed by atoms with Crippen LogP contribution in [-0.2, 0) is 6.42 Å². The number of allylic oxidation sites excluding steroid dienone is 1. The molecule has 0 bridgehead atoms. The molecule has 0 aliphatic carbocycles. The number of hydrogen-bond acceptors (Lipinski definition) is 1. The van der Waals surface area contributed by atoms with E-state index < -0.39 is 23.7 Å². The van der Waals surface area contributed by atoms with Crippen molar-refractivity contribution in [1.29, 1.82) is 0 Å². The van der Waals surface area contributed by atoms with Gasteiger partial charge in [-0.3, -0.25) is 0 Å². The lowest BCUT2D eigenvalue weighted by molar-refractivity contribution is -0.276. The molecule has 0 aromatic heterocycles. The van der Waals surface area contributed by atoms with Crippen molar-refractivity contribution in [2.24, 2.45) is 0 Å². The molecule has 0 N–H and O–H groups in total. The number of benzene rings is 2. The molecule has 0 heterocycles. The third kappa shape index (κ3) is 7.07. The standard InChI is InChI=1S/C22H19F5O/c1-2-3-4-5-6-7-16-8-10-17(11-9-16)12-13-18-14-19(23)21(20(24)15-18)28-22(25,26)27/h2,8-11,14-15H,1,3-7H2. The summed E-state index contributed by atoms with van der Waals surface area (Å²) in [6.07, 6.45) is 2.00. The highest BCUT2D eigenvalue weighted by atomic mass is 19.4. The fourth-order valence-corrected chi connectivity index (χ4v) is 2.54. The van der Waals surface area contributed by atoms with Gasteiger partial charge >= 0.3 is 6.36 Å². The van der Waals surface area contributed by atoms with Gasteiger partial charge in [0, 0.05) is 11.1 Å². The van der Waals surface area contributed by atoms with E-state index in [0.29, 0.717) is 17.7 Å². The fourth-order valence-electron chi connectivity index (χ4n) is 2.54. The highest BCUT2D eigenvalue weighted by Gasteiger charge is 2.34. The van der Waals surface area contributed by atoms with Crippen molar-refractivity contribution in [1.82, 2.24) is 0 Å². The zero-order valence-electron chi connectivity index (χ0n) is 15.1. The van der Waals surface area contributed by atoms with Gasteiger partial charge in [0.2, 0.25) is 5.75 Å². The number of ether oxygens (including phenoxy) is 1. The van der Waals surface area contributed by atoms with Crippen LogP contribution in [0.25, 0.3) is 0 Å². The Bertz CT molecular complexity index is 834. The first-order chi connectivity index (χ1) is 13.3. The summed E-state index contributed by atoms with van der Waals surface area (Å²) in [4.78, 5) is 0. The molecule has 2 aromatic carbocycles. The lowest BCUT2D eigenvalue weighted by atomic mass is 10.0. The van der Waals surface area contributed by atoms with Crippen LogP contribution in [0.15, 0.2) is 49.1 Å². The molecule has 0 spiro atoms. The number of rotatable bonds is 7. The molecule has 0 fully saturated rings. The van der Waals surface area contributed by atoms with E-state index in [4.69, 9.17) is 0 Å². The van der Waals surface area contributed by atoms with E-state index in [9.17, 15) is 22.0 Å². The zero-order chi connectivity index (χ0) is 20.6. The minimum atomic E-state index is -5.18. The molecule has 0 atom stereocenters. The largest absolute Gasteiger partial charge is 0.573 e. The summed E-state index contributed by atoms with van der Waals surface area (Å²) in [6, 6.07) is 8.85. The lowest BCUT2D eigenvalue weighted by Gasteiger charge is -2.10. The van der Waals surface area contributed by atoms with E-state index in [1.165, 1.54) is 0 Å². The number of halogens is 5. The minimum Gasteiger partial charge on any atom is -0.399 e. The topological polar surface area (TPSA) is 9.23 Å². The molecule has 0 amide bonds. The van der Waals surface area contributed by atoms with Crippen LogP contribution in [0.1, 0.15) is 42.4 Å². The predicted octanol–water partition coefficient (Wildman–Crippen LogP) is 6.55. The van der Waals surface area contributed by atoms with Gasteiger partial charge < -0.3 is 4.74 Å². The van der Waals surface area contributed by atoms with Crippen LogP contribution in [0.3, 0.4) is 0 Å². The first-order valence-electron chi connectivity index (χ1n) is 8.75. The normalized spacial score (nSPS) is 10.9. The highest BCUT2D eigenvalue weighted by Crippen LogP contribution is 2.29. The summed E-state index contributed by atoms with van der Waals surface area (Å²) < 4.78 is 67.1. The summed E-state index contributed by atoms with van der Waals surface area (Å²) in [5.74, 6) is 0.860. The highest BCUT2D eigenvalue weighted by molar-refractivity contribution is 5.45. The summed E-state index contributed by atoms with van der Waals surface area (Å²) in [7, 11) is 0. The summed E-state index contributed by atoms with van der Waals surface area (Å²) in [5.41, 5.74) is 1.71. The molecule has 2 aromatic rings. The molecule has 0 saturated heterocycles. The molecule has 0 aliphatic rings. The quantitative estimate of drug-likeness (QED) is 0.224. The molecule has 1 nitrogen and oxygen atoms in total. The van der Waals surface area contributed by atoms with Gasteiger partial charge in [-0.25, -0.2) is 8.78 Å². The van der Waals surface area contributed by atoms with Crippen LogP contribution in [0.2, 0.25) is 0 Å². The van der Waals surface area contributed by atoms with E-state index in [1.807, 2.05) is 18.2 Å². The van der Waals surface area contributed by atoms with Crippen molar-refractivity contribution < 1.29 is 26.7 Å². The van der Waals surface area contributed by atoms with Gasteiger partial charge in [0.15, 0.2) is 11.6 Å². The van der Waals surface area contributed by atoms with Crippen molar-refractivity contribution in [3.8, 4) is 17.6 Å². The fraction of sp³-hybridized carbons (Fsp3) is 0.273. The first-order valence-corrected chi connectivity index (χ1v) is 8.75. The average molecular weight is 394 g/mol. The maximum Gasteiger partial charge on any atom is 0.573 e. The molecule has 6 heteroatoms. The smallest absolute Gasteiger partial charge is 0.399 e. The SMILES string of the molecule is C=CCCCCCc1ccc(C#Cc2cc(F)c(OC(F)(F)F)c(F)c2)cc1. The van der Waals surface area contributed by atoms with Crippen LogP contribution in [-0.4, -0.2) is 6.36 Å². The van der Waals surface area contributed by atoms with Gasteiger partial charge in [-0.05, 0) is 55.5 Å². The predicted molar refractivity (Wildman–Crippen MR) is 97.8 cm³/mol. The van der Waals surface area contributed by atoms with E-state index >= 15 is 0 Å². The lowest BCUT2D eigenvalue weighted by Crippen LogP contribution is -2.19. The van der Waals surface area contributed by atoms with E-state index in [-0.39, 0.29) is 5.56 Å². The van der Waals surface area contributed by atoms with Gasteiger partial charge in [0.05, 0.1) is 0 Å². The van der Waals surface area contributed by atoms with Crippen LogP contribution in [0, 0.1) is 23.5 Å². The van der Waals surface area contributed by atoms with Crippen molar-refractivity contribution in [2.75, 3.05) is 0 Å². The Hall–Kier alpha value is -2.81. The second-order valence-electron chi connectivity index (χ2n) is 6.15. The second-order valence-corrected chi connectivity index (χ2v) is 6.15. The first kappa shape index (κ1) is 21.5. The van der Waals surface area contributed by atoms with E-state index in [0.717, 1.165) is 37.7 Å². The second kappa shape index (κ2) is 9.93. The Morgan fingerprint density at radius 1 is 0.893 bits per heavy atom. The van der Waals surface area contributed by atoms with Crippen LogP contribution in [0.5, 0.6) is 5.75 Å². The maximum atomic E-state index is 13.7. The number of aryl methyl sites for hydroxylation is 1. The molecular formula is C22H19F5O. The molecule has 148 valence electrons. The van der Waals surface area contributed by atoms with E-state index in [1.54, 1.807) is 12.1 Å². The third-order valence-electron chi connectivity index (χ3n) is 3.89. The van der Waals surface area contributed by atoms with Gasteiger partial charge in [0.1, 0.15) is 0 Å². The number of hydrogen-bond donors (Lipinski definition) is 0. The summed E-state index contributed by atoms with van der Waals surface area (Å²) in [5, 5.41) is 0. The zero-order valence-corrected chi connectivity index (χ0v) is 15.1. The van der Waals surface area contributed by atoms with E-state index in [2.05, 4.69) is 23.2 Å². The van der Waals surface area contributed by atoms with Gasteiger partial charge in [-0.1, -0.05) is 36.5 Å². The molecule has 0 unspecified atom stereocenters. The molecular weight excluding hydrogens is 375 g/mol. The van der Waals surface area contributed by atoms with Crippen molar-refractivity contribution in [2.45, 2.75) is 38.5 Å². The minimum absolute atomic E-state index is 0.0872. The summed E-state index contributed by atoms with van der Waals surface area (Å²) >= 11 is 0. The van der Waals surface area contributed by atoms with Gasteiger partial charge in [0.25, 0.3) is 0 Å². The Labute approximate surface area is 160 Å². The van der Waals surface area contributed by atoms with Crippen LogP contribution >= 0.6 is 0 Å². The molecule has 2 rings (SSSR count). The molecule has 0 saturated carbocycles. The number of alkyl halides is 3. The Morgan fingerprint density at radius 3 is 2.07 bits per heavy atom. The number of unbranched alkanes of at least 4 members (excludes halogenated alkanes) is 3. The molecule has 28 heavy (non-hydrogen) atoms. The van der Waals surface area contributed by atoms with Crippen molar-refractivity contribution in [3.05, 3.63) is 77.4 Å². The Kier molecular flexibility index (Phi) is 7.62. The van der Waals surface area contributed by atoms with Crippen molar-refractivity contribution in [3.63, 3.8) is 0 Å². The van der Waals surface area contributed by atoms with Gasteiger partial charge in [-0.2, -0.15) is 0 Å². The Morgan fingerprint density at radius 2 is 1.50 bits per heavy atom. The van der Waals surface area contributed by atoms with Crippen LogP contribution in [0.4, 0.5) is 22.0 Å². The molecule has 0 radical (unpaired) electrons. The van der Waals surface area contributed by atoms with Crippen molar-refractivity contribution >= 4 is 0 Å². The average Bonchev–Trinajstić information content (AvgIpc) is 2.63. The maximum absolute atomic E-state index is 13.7. The third-order valence-corrected chi connectivity index (χ3v) is 3.89. The monoisotopic (exact) mass is 394 g/mol. The summed E-state index contributed by atoms with van der Waals surface area (Å²) in [6.45, 7) is 3.69. The molecule has 0 aliphatic heterocycles. The Balaban J connectivity index is 2.02.